The fraction of sp³-hybridized carbons (Fsp3) is 0.381. The Morgan fingerprint density at radius 3 is 2.46 bits per heavy atom. The van der Waals surface area contributed by atoms with E-state index in [1.54, 1.807) is 14.2 Å². The summed E-state index contributed by atoms with van der Waals surface area (Å²) in [7, 11) is 3.22. The van der Waals surface area contributed by atoms with Crippen molar-refractivity contribution in [1.29, 1.82) is 0 Å². The first-order valence-corrected chi connectivity index (χ1v) is 8.74. The second-order valence-corrected chi connectivity index (χ2v) is 6.17. The van der Waals surface area contributed by atoms with Crippen LogP contribution in [0.4, 0.5) is 0 Å². The molecule has 2 aromatic rings. The summed E-state index contributed by atoms with van der Waals surface area (Å²) in [6.45, 7) is 5.83. The zero-order valence-electron chi connectivity index (χ0n) is 16.0. The first-order chi connectivity index (χ1) is 12.5. The minimum absolute atomic E-state index is 0.161. The molecular weight excluding hydrogens is 330 g/mol. The van der Waals surface area contributed by atoms with Gasteiger partial charge in [0.05, 0.1) is 20.3 Å². The molecule has 1 amide bonds. The average molecular weight is 357 g/mol. The van der Waals surface area contributed by atoms with Crippen LogP contribution in [0.25, 0.3) is 0 Å². The van der Waals surface area contributed by atoms with Gasteiger partial charge in [0.25, 0.3) is 5.91 Å². The molecule has 0 spiro atoms. The number of hydrogen-bond donors (Lipinski definition) is 1. The lowest BCUT2D eigenvalue weighted by molar-refractivity contribution is -0.128. The highest BCUT2D eigenvalue weighted by Crippen LogP contribution is 2.29. The van der Waals surface area contributed by atoms with Crippen molar-refractivity contribution in [3.8, 4) is 17.2 Å². The molecule has 0 bridgehead atoms. The topological polar surface area (TPSA) is 56.8 Å². The third-order valence-corrected chi connectivity index (χ3v) is 4.19. The Morgan fingerprint density at radius 2 is 1.85 bits per heavy atom. The number of benzene rings is 2. The molecule has 2 aromatic carbocycles. The third-order valence-electron chi connectivity index (χ3n) is 4.19. The highest BCUT2D eigenvalue weighted by molar-refractivity contribution is 5.81. The molecule has 0 aliphatic rings. The van der Waals surface area contributed by atoms with E-state index in [4.69, 9.17) is 14.2 Å². The van der Waals surface area contributed by atoms with E-state index in [0.717, 1.165) is 11.1 Å². The number of amides is 1. The van der Waals surface area contributed by atoms with Crippen LogP contribution >= 0.6 is 0 Å². The summed E-state index contributed by atoms with van der Waals surface area (Å²) in [5.74, 6) is 1.95. The van der Waals surface area contributed by atoms with E-state index in [1.807, 2.05) is 63.2 Å². The number of methoxy groups -OCH3 is 2. The van der Waals surface area contributed by atoms with Crippen molar-refractivity contribution in [2.24, 2.45) is 0 Å². The lowest BCUT2D eigenvalue weighted by Crippen LogP contribution is -2.39. The van der Waals surface area contributed by atoms with Gasteiger partial charge in [-0.2, -0.15) is 0 Å². The van der Waals surface area contributed by atoms with E-state index in [2.05, 4.69) is 5.32 Å². The molecule has 2 atom stereocenters. The molecule has 0 fully saturated rings. The summed E-state index contributed by atoms with van der Waals surface area (Å²) >= 11 is 0. The summed E-state index contributed by atoms with van der Waals surface area (Å²) in [4.78, 5) is 12.7. The summed E-state index contributed by atoms with van der Waals surface area (Å²) in [5.41, 5.74) is 1.94. The maximum Gasteiger partial charge on any atom is 0.261 e. The van der Waals surface area contributed by atoms with Crippen LogP contribution < -0.4 is 19.5 Å². The molecule has 0 radical (unpaired) electrons. The predicted octanol–water partition coefficient (Wildman–Crippen LogP) is 4.05. The van der Waals surface area contributed by atoms with Crippen molar-refractivity contribution in [3.63, 3.8) is 0 Å². The normalized spacial score (nSPS) is 12.8. The van der Waals surface area contributed by atoms with E-state index in [0.29, 0.717) is 23.7 Å². The van der Waals surface area contributed by atoms with Crippen LogP contribution in [0.15, 0.2) is 42.5 Å². The van der Waals surface area contributed by atoms with E-state index >= 15 is 0 Å². The van der Waals surface area contributed by atoms with Crippen LogP contribution in [-0.4, -0.2) is 26.2 Å². The van der Waals surface area contributed by atoms with Gasteiger partial charge in [0.1, 0.15) is 17.2 Å². The van der Waals surface area contributed by atoms with Crippen molar-refractivity contribution in [1.82, 2.24) is 5.32 Å². The first-order valence-electron chi connectivity index (χ1n) is 8.74. The molecule has 26 heavy (non-hydrogen) atoms. The van der Waals surface area contributed by atoms with Crippen LogP contribution in [-0.2, 0) is 4.79 Å². The minimum Gasteiger partial charge on any atom is -0.497 e. The lowest BCUT2D eigenvalue weighted by Gasteiger charge is -2.22. The number of hydrogen-bond acceptors (Lipinski definition) is 4. The summed E-state index contributed by atoms with van der Waals surface area (Å²) in [6, 6.07) is 13.0. The fourth-order valence-electron chi connectivity index (χ4n) is 2.74. The molecule has 0 aliphatic heterocycles. The molecule has 0 aliphatic carbocycles. The Labute approximate surface area is 155 Å². The summed E-state index contributed by atoms with van der Waals surface area (Å²) < 4.78 is 16.6. The van der Waals surface area contributed by atoms with Gasteiger partial charge < -0.3 is 19.5 Å². The zero-order chi connectivity index (χ0) is 19.1. The van der Waals surface area contributed by atoms with Gasteiger partial charge >= 0.3 is 0 Å². The van der Waals surface area contributed by atoms with Gasteiger partial charge in [-0.05, 0) is 56.2 Å². The van der Waals surface area contributed by atoms with Crippen LogP contribution in [0, 0.1) is 6.92 Å². The number of ether oxygens (including phenoxy) is 3. The van der Waals surface area contributed by atoms with E-state index in [-0.39, 0.29) is 11.9 Å². The van der Waals surface area contributed by atoms with Crippen molar-refractivity contribution in [3.05, 3.63) is 53.6 Å². The Balaban J connectivity index is 2.11. The Bertz CT molecular complexity index is 745. The van der Waals surface area contributed by atoms with Gasteiger partial charge in [-0.25, -0.2) is 0 Å². The molecule has 0 heterocycles. The third kappa shape index (κ3) is 4.91. The summed E-state index contributed by atoms with van der Waals surface area (Å²) in [5, 5.41) is 3.01. The second-order valence-electron chi connectivity index (χ2n) is 6.17. The van der Waals surface area contributed by atoms with Gasteiger partial charge in [0.15, 0.2) is 6.10 Å². The summed E-state index contributed by atoms with van der Waals surface area (Å²) in [6.07, 6.45) is 0.0118. The van der Waals surface area contributed by atoms with Crippen molar-refractivity contribution in [2.75, 3.05) is 14.2 Å². The smallest absolute Gasteiger partial charge is 0.261 e. The molecule has 2 rings (SSSR count). The monoisotopic (exact) mass is 357 g/mol. The van der Waals surface area contributed by atoms with Crippen molar-refractivity contribution >= 4 is 5.91 Å². The molecule has 0 saturated heterocycles. The molecule has 5 nitrogen and oxygen atoms in total. The van der Waals surface area contributed by atoms with Crippen LogP contribution in [0.5, 0.6) is 17.2 Å². The second kappa shape index (κ2) is 9.13. The highest BCUT2D eigenvalue weighted by Gasteiger charge is 2.22. The molecule has 1 N–H and O–H groups in total. The predicted molar refractivity (Wildman–Crippen MR) is 102 cm³/mol. The van der Waals surface area contributed by atoms with Gasteiger partial charge in [-0.1, -0.05) is 19.1 Å². The number of carbonyl (C=O) groups excluding carboxylic acids is 1. The number of carbonyl (C=O) groups is 1. The standard InChI is InChI=1S/C21H27NO4/c1-6-19(26-17-9-7-8-14(2)12-17)21(23)22-15(3)18-13-16(24-4)10-11-20(18)25-5/h7-13,15,19H,6H2,1-5H3,(H,22,23)/t15-,19+/m1/s1. The number of nitrogens with one attached hydrogen (secondary N) is 1. The van der Waals surface area contributed by atoms with Crippen LogP contribution in [0.2, 0.25) is 0 Å². The van der Waals surface area contributed by atoms with Crippen molar-refractivity contribution in [2.45, 2.75) is 39.3 Å². The quantitative estimate of drug-likeness (QED) is 0.774. The van der Waals surface area contributed by atoms with Gasteiger partial charge in [-0.3, -0.25) is 4.79 Å². The number of rotatable bonds is 8. The van der Waals surface area contributed by atoms with Crippen LogP contribution in [0.3, 0.4) is 0 Å². The molecule has 0 aromatic heterocycles. The Hall–Kier alpha value is -2.69. The average Bonchev–Trinajstić information content (AvgIpc) is 2.65. The highest BCUT2D eigenvalue weighted by atomic mass is 16.5. The lowest BCUT2D eigenvalue weighted by atomic mass is 10.1. The molecule has 0 saturated carbocycles. The fourth-order valence-corrected chi connectivity index (χ4v) is 2.74. The van der Waals surface area contributed by atoms with E-state index in [1.165, 1.54) is 0 Å². The van der Waals surface area contributed by atoms with Crippen LogP contribution in [0.1, 0.15) is 37.4 Å². The van der Waals surface area contributed by atoms with Gasteiger partial charge in [0.2, 0.25) is 0 Å². The van der Waals surface area contributed by atoms with Gasteiger partial charge in [-0.15, -0.1) is 0 Å². The van der Waals surface area contributed by atoms with E-state index < -0.39 is 6.10 Å². The molecule has 0 unspecified atom stereocenters. The first kappa shape index (κ1) is 19.6. The number of aryl methyl sites for hydroxylation is 1. The zero-order valence-corrected chi connectivity index (χ0v) is 16.0. The largest absolute Gasteiger partial charge is 0.497 e. The Kier molecular flexibility index (Phi) is 6.89. The minimum atomic E-state index is -0.559. The molecule has 5 heteroatoms. The molecular formula is C21H27NO4. The molecule has 140 valence electrons. The SMILES string of the molecule is CC[C@H](Oc1cccc(C)c1)C(=O)N[C@H](C)c1cc(OC)ccc1OC. The van der Waals surface area contributed by atoms with E-state index in [9.17, 15) is 4.79 Å². The maximum atomic E-state index is 12.7. The maximum absolute atomic E-state index is 12.7. The Morgan fingerprint density at radius 1 is 1.08 bits per heavy atom. The van der Waals surface area contributed by atoms with Gasteiger partial charge in [0, 0.05) is 5.56 Å². The van der Waals surface area contributed by atoms with Crippen molar-refractivity contribution < 1.29 is 19.0 Å².